The lowest BCUT2D eigenvalue weighted by Gasteiger charge is -2.06. The van der Waals surface area contributed by atoms with Crippen LogP contribution in [0.5, 0.6) is 0 Å². The number of hydrogen-bond acceptors (Lipinski definition) is 4. The summed E-state index contributed by atoms with van der Waals surface area (Å²) in [4.78, 5) is 1.04. The highest BCUT2D eigenvalue weighted by atomic mass is 79.9. The minimum absolute atomic E-state index is 0.313. The lowest BCUT2D eigenvalue weighted by atomic mass is 10.3. The Bertz CT molecular complexity index is 524. The number of hydrogen-bond donors (Lipinski definition) is 1. The van der Waals surface area contributed by atoms with E-state index in [0.717, 1.165) is 14.7 Å². The van der Waals surface area contributed by atoms with E-state index in [1.54, 1.807) is 11.3 Å². The molecule has 2 aromatic heterocycles. The lowest BCUT2D eigenvalue weighted by Crippen LogP contribution is -2.10. The molecule has 0 aromatic carbocycles. The molecule has 0 amide bonds. The maximum atomic E-state index is 12.2. The predicted octanol–water partition coefficient (Wildman–Crippen LogP) is 3.93. The molecule has 96 valence electrons. The molecule has 0 aliphatic rings. The molecule has 0 aliphatic carbocycles. The van der Waals surface area contributed by atoms with Gasteiger partial charge in [-0.1, -0.05) is 0 Å². The number of anilines is 1. The third-order valence-corrected chi connectivity index (χ3v) is 3.65. The van der Waals surface area contributed by atoms with Crippen LogP contribution < -0.4 is 5.32 Å². The van der Waals surface area contributed by atoms with Crippen LogP contribution in [0, 0.1) is 0 Å². The molecule has 2 aromatic rings. The van der Waals surface area contributed by atoms with Crippen molar-refractivity contribution in [1.29, 1.82) is 0 Å². The maximum absolute atomic E-state index is 12.2. The molecule has 1 N–H and O–H groups in total. The number of alkyl halides is 3. The summed E-state index contributed by atoms with van der Waals surface area (Å²) in [5.74, 6) is 0.313. The Morgan fingerprint density at radius 1 is 1.17 bits per heavy atom. The van der Waals surface area contributed by atoms with Gasteiger partial charge in [0.05, 0.1) is 10.3 Å². The predicted molar refractivity (Wildman–Crippen MR) is 66.4 cm³/mol. The van der Waals surface area contributed by atoms with E-state index in [9.17, 15) is 13.2 Å². The molecule has 2 rings (SSSR count). The quantitative estimate of drug-likeness (QED) is 0.921. The molecule has 0 saturated carbocycles. The summed E-state index contributed by atoms with van der Waals surface area (Å²) in [7, 11) is 0. The first kappa shape index (κ1) is 13.3. The smallest absolute Gasteiger partial charge is 0.364 e. The Labute approximate surface area is 113 Å². The third kappa shape index (κ3) is 3.42. The van der Waals surface area contributed by atoms with E-state index in [4.69, 9.17) is 0 Å². The summed E-state index contributed by atoms with van der Waals surface area (Å²) >= 11 is 4.87. The minimum atomic E-state index is -4.45. The fourth-order valence-corrected chi connectivity index (χ4v) is 2.63. The lowest BCUT2D eigenvalue weighted by molar-refractivity contribution is -0.141. The van der Waals surface area contributed by atoms with E-state index >= 15 is 0 Å². The summed E-state index contributed by atoms with van der Waals surface area (Å²) < 4.78 is 37.7. The zero-order valence-electron chi connectivity index (χ0n) is 8.83. The topological polar surface area (TPSA) is 37.8 Å². The third-order valence-electron chi connectivity index (χ3n) is 2.03. The first-order chi connectivity index (χ1) is 8.45. The van der Waals surface area contributed by atoms with E-state index in [1.807, 2.05) is 12.1 Å². The largest absolute Gasteiger partial charge is 0.435 e. The SMILES string of the molecule is FC(F)(F)c1ccc(NCc2ccc(Br)s2)nn1. The minimum Gasteiger partial charge on any atom is -0.364 e. The second kappa shape index (κ2) is 5.23. The van der Waals surface area contributed by atoms with Crippen LogP contribution >= 0.6 is 27.3 Å². The normalized spacial score (nSPS) is 11.6. The molecule has 0 radical (unpaired) electrons. The van der Waals surface area contributed by atoms with Crippen molar-refractivity contribution in [2.75, 3.05) is 5.32 Å². The van der Waals surface area contributed by atoms with Crippen LogP contribution in [0.25, 0.3) is 0 Å². The van der Waals surface area contributed by atoms with Crippen LogP contribution in [0.3, 0.4) is 0 Å². The second-order valence-corrected chi connectivity index (χ2v) is 5.91. The van der Waals surface area contributed by atoms with Crippen molar-refractivity contribution in [2.24, 2.45) is 0 Å². The monoisotopic (exact) mass is 337 g/mol. The molecule has 0 bridgehead atoms. The summed E-state index contributed by atoms with van der Waals surface area (Å²) in [6, 6.07) is 5.98. The van der Waals surface area contributed by atoms with E-state index in [2.05, 4.69) is 31.4 Å². The fourth-order valence-electron chi connectivity index (χ4n) is 1.20. The second-order valence-electron chi connectivity index (χ2n) is 3.36. The average Bonchev–Trinajstić information content (AvgIpc) is 2.72. The fraction of sp³-hybridized carbons (Fsp3) is 0.200. The molecule has 8 heteroatoms. The van der Waals surface area contributed by atoms with Crippen LogP contribution in [-0.4, -0.2) is 10.2 Å². The van der Waals surface area contributed by atoms with Crippen molar-refractivity contribution >= 4 is 33.1 Å². The number of nitrogens with one attached hydrogen (secondary N) is 1. The summed E-state index contributed by atoms with van der Waals surface area (Å²) in [5.41, 5.74) is -0.994. The Morgan fingerprint density at radius 3 is 2.44 bits per heavy atom. The van der Waals surface area contributed by atoms with Gasteiger partial charge in [-0.25, -0.2) is 0 Å². The standard InChI is InChI=1S/C10H7BrF3N3S/c11-8-3-1-6(18-8)5-15-9-4-2-7(16-17-9)10(12,13)14/h1-4H,5H2,(H,15,17). The van der Waals surface area contributed by atoms with Gasteiger partial charge >= 0.3 is 6.18 Å². The molecule has 0 spiro atoms. The van der Waals surface area contributed by atoms with E-state index in [0.29, 0.717) is 12.4 Å². The van der Waals surface area contributed by atoms with Crippen LogP contribution in [0.15, 0.2) is 28.1 Å². The van der Waals surface area contributed by atoms with Crippen molar-refractivity contribution in [2.45, 2.75) is 12.7 Å². The Kier molecular flexibility index (Phi) is 3.86. The van der Waals surface area contributed by atoms with Gasteiger partial charge < -0.3 is 5.32 Å². The van der Waals surface area contributed by atoms with E-state index in [-0.39, 0.29) is 0 Å². The number of rotatable bonds is 3. The molecule has 3 nitrogen and oxygen atoms in total. The molecule has 0 saturated heterocycles. The Hall–Kier alpha value is -1.15. The van der Waals surface area contributed by atoms with Crippen LogP contribution in [-0.2, 0) is 12.7 Å². The Morgan fingerprint density at radius 2 is 1.94 bits per heavy atom. The van der Waals surface area contributed by atoms with Gasteiger partial charge in [0.2, 0.25) is 0 Å². The summed E-state index contributed by atoms with van der Waals surface area (Å²) in [6.07, 6.45) is -4.45. The highest BCUT2D eigenvalue weighted by molar-refractivity contribution is 9.11. The summed E-state index contributed by atoms with van der Waals surface area (Å²) in [5, 5.41) is 9.50. The Balaban J connectivity index is 1.98. The molecule has 0 atom stereocenters. The van der Waals surface area contributed by atoms with Gasteiger partial charge in [-0.2, -0.15) is 13.2 Å². The van der Waals surface area contributed by atoms with Crippen molar-refractivity contribution in [3.8, 4) is 0 Å². The zero-order chi connectivity index (χ0) is 13.2. The van der Waals surface area contributed by atoms with Gasteiger partial charge in [-0.05, 0) is 40.2 Å². The molecule has 2 heterocycles. The number of halogens is 4. The molecular formula is C10H7BrF3N3S. The van der Waals surface area contributed by atoms with E-state index < -0.39 is 11.9 Å². The van der Waals surface area contributed by atoms with Gasteiger partial charge in [-0.15, -0.1) is 21.5 Å². The average molecular weight is 338 g/mol. The van der Waals surface area contributed by atoms with Crippen molar-refractivity contribution in [1.82, 2.24) is 10.2 Å². The number of aromatic nitrogens is 2. The van der Waals surface area contributed by atoms with Crippen LogP contribution in [0.4, 0.5) is 19.0 Å². The zero-order valence-corrected chi connectivity index (χ0v) is 11.2. The van der Waals surface area contributed by atoms with Crippen molar-refractivity contribution < 1.29 is 13.2 Å². The molecule has 18 heavy (non-hydrogen) atoms. The summed E-state index contributed by atoms with van der Waals surface area (Å²) in [6.45, 7) is 0.496. The number of thiophene rings is 1. The van der Waals surface area contributed by atoms with Gasteiger partial charge in [-0.3, -0.25) is 0 Å². The first-order valence-electron chi connectivity index (χ1n) is 4.84. The van der Waals surface area contributed by atoms with Crippen LogP contribution in [0.1, 0.15) is 10.6 Å². The van der Waals surface area contributed by atoms with E-state index in [1.165, 1.54) is 6.07 Å². The van der Waals surface area contributed by atoms with Crippen molar-refractivity contribution in [3.05, 3.63) is 38.6 Å². The van der Waals surface area contributed by atoms with Gasteiger partial charge in [0.1, 0.15) is 5.82 Å². The molecule has 0 aliphatic heterocycles. The van der Waals surface area contributed by atoms with Gasteiger partial charge in [0, 0.05) is 4.88 Å². The first-order valence-corrected chi connectivity index (χ1v) is 6.45. The van der Waals surface area contributed by atoms with Gasteiger partial charge in [0.25, 0.3) is 0 Å². The van der Waals surface area contributed by atoms with Crippen LogP contribution in [0.2, 0.25) is 0 Å². The molecular weight excluding hydrogens is 331 g/mol. The highest BCUT2D eigenvalue weighted by Crippen LogP contribution is 2.27. The number of nitrogens with zero attached hydrogens (tertiary/aromatic N) is 2. The van der Waals surface area contributed by atoms with Gasteiger partial charge in [0.15, 0.2) is 5.69 Å². The molecule has 0 unspecified atom stereocenters. The van der Waals surface area contributed by atoms with Crippen molar-refractivity contribution in [3.63, 3.8) is 0 Å². The maximum Gasteiger partial charge on any atom is 0.435 e. The highest BCUT2D eigenvalue weighted by Gasteiger charge is 2.32. The molecule has 0 fully saturated rings.